The molecule has 0 spiro atoms. The molecule has 0 atom stereocenters. The van der Waals surface area contributed by atoms with Crippen molar-refractivity contribution in [1.82, 2.24) is 5.32 Å². The van der Waals surface area contributed by atoms with Crippen LogP contribution in [0, 0.1) is 5.92 Å². The molecule has 1 saturated carbocycles. The van der Waals surface area contributed by atoms with Crippen LogP contribution in [0.25, 0.3) is 0 Å². The number of benzene rings is 1. The minimum Gasteiger partial charge on any atom is -0.352 e. The van der Waals surface area contributed by atoms with E-state index in [1.807, 2.05) is 6.07 Å². The van der Waals surface area contributed by atoms with Crippen molar-refractivity contribution in [2.24, 2.45) is 5.92 Å². The maximum absolute atomic E-state index is 12.1. The summed E-state index contributed by atoms with van der Waals surface area (Å²) in [6.07, 6.45) is 4.72. The molecule has 0 bridgehead atoms. The summed E-state index contributed by atoms with van der Waals surface area (Å²) in [5.74, 6) is 0.496. The summed E-state index contributed by atoms with van der Waals surface area (Å²) >= 11 is 13.0. The monoisotopic (exact) mass is 407 g/mol. The van der Waals surface area contributed by atoms with E-state index in [2.05, 4.69) is 37.2 Å². The SMILES string of the molecule is O=C(NCC1CCC(Br)CC1)c1cc(Br)ccc1Cl. The highest BCUT2D eigenvalue weighted by molar-refractivity contribution is 9.10. The van der Waals surface area contributed by atoms with Gasteiger partial charge in [-0.1, -0.05) is 43.5 Å². The van der Waals surface area contributed by atoms with Gasteiger partial charge in [0.15, 0.2) is 0 Å². The van der Waals surface area contributed by atoms with Crippen LogP contribution in [0.15, 0.2) is 22.7 Å². The molecule has 1 aromatic carbocycles. The average Bonchev–Trinajstić information content (AvgIpc) is 2.40. The third-order valence-electron chi connectivity index (χ3n) is 3.50. The van der Waals surface area contributed by atoms with Gasteiger partial charge in [0.1, 0.15) is 0 Å². The Bertz CT molecular complexity index is 459. The number of carbonyl (C=O) groups excluding carboxylic acids is 1. The first-order valence-corrected chi connectivity index (χ1v) is 8.52. The highest BCUT2D eigenvalue weighted by atomic mass is 79.9. The largest absolute Gasteiger partial charge is 0.352 e. The lowest BCUT2D eigenvalue weighted by molar-refractivity contribution is 0.0944. The molecule has 5 heteroatoms. The number of hydrogen-bond acceptors (Lipinski definition) is 1. The first-order valence-electron chi connectivity index (χ1n) is 6.43. The van der Waals surface area contributed by atoms with Gasteiger partial charge in [-0.05, 0) is 49.8 Å². The van der Waals surface area contributed by atoms with Crippen molar-refractivity contribution in [2.45, 2.75) is 30.5 Å². The minimum atomic E-state index is -0.0905. The molecule has 1 aromatic rings. The summed E-state index contributed by atoms with van der Waals surface area (Å²) in [5.41, 5.74) is 0.533. The Hall–Kier alpha value is -0.0600. The molecule has 0 aromatic heterocycles. The Balaban J connectivity index is 1.89. The fourth-order valence-corrected chi connectivity index (χ4v) is 3.42. The van der Waals surface area contributed by atoms with Gasteiger partial charge in [-0.15, -0.1) is 0 Å². The third-order valence-corrected chi connectivity index (χ3v) is 5.24. The maximum Gasteiger partial charge on any atom is 0.252 e. The smallest absolute Gasteiger partial charge is 0.252 e. The fraction of sp³-hybridized carbons (Fsp3) is 0.500. The van der Waals surface area contributed by atoms with Crippen molar-refractivity contribution in [1.29, 1.82) is 0 Å². The highest BCUT2D eigenvalue weighted by Crippen LogP contribution is 2.28. The quantitative estimate of drug-likeness (QED) is 0.715. The van der Waals surface area contributed by atoms with Crippen LogP contribution >= 0.6 is 43.5 Å². The Morgan fingerprint density at radius 2 is 2.00 bits per heavy atom. The van der Waals surface area contributed by atoms with Crippen LogP contribution in [0.2, 0.25) is 5.02 Å². The molecule has 1 amide bonds. The second-order valence-corrected chi connectivity index (χ2v) is 7.57. The number of alkyl halides is 1. The summed E-state index contributed by atoms with van der Waals surface area (Å²) < 4.78 is 0.863. The summed E-state index contributed by atoms with van der Waals surface area (Å²) in [7, 11) is 0. The molecule has 1 N–H and O–H groups in total. The van der Waals surface area contributed by atoms with Crippen molar-refractivity contribution >= 4 is 49.4 Å². The molecule has 1 fully saturated rings. The molecular formula is C14H16Br2ClNO. The molecule has 104 valence electrons. The Labute approximate surface area is 135 Å². The molecule has 2 rings (SSSR count). The van der Waals surface area contributed by atoms with E-state index in [1.165, 1.54) is 25.7 Å². The van der Waals surface area contributed by atoms with Crippen LogP contribution in [0.1, 0.15) is 36.0 Å². The topological polar surface area (TPSA) is 29.1 Å². The molecule has 0 unspecified atom stereocenters. The number of rotatable bonds is 3. The Kier molecular flexibility index (Phi) is 5.72. The predicted octanol–water partition coefficient (Wildman–Crippen LogP) is 4.79. The van der Waals surface area contributed by atoms with E-state index in [-0.39, 0.29) is 5.91 Å². The maximum atomic E-state index is 12.1. The van der Waals surface area contributed by atoms with E-state index in [9.17, 15) is 4.79 Å². The highest BCUT2D eigenvalue weighted by Gasteiger charge is 2.20. The van der Waals surface area contributed by atoms with E-state index < -0.39 is 0 Å². The number of amides is 1. The second-order valence-electron chi connectivity index (χ2n) is 4.95. The summed E-state index contributed by atoms with van der Waals surface area (Å²) in [5, 5.41) is 3.48. The van der Waals surface area contributed by atoms with Gasteiger partial charge >= 0.3 is 0 Å². The van der Waals surface area contributed by atoms with E-state index in [0.717, 1.165) is 11.0 Å². The zero-order valence-electron chi connectivity index (χ0n) is 10.5. The lowest BCUT2D eigenvalue weighted by Crippen LogP contribution is -2.31. The van der Waals surface area contributed by atoms with E-state index in [4.69, 9.17) is 11.6 Å². The molecule has 0 saturated heterocycles. The molecule has 0 aliphatic heterocycles. The molecular weight excluding hydrogens is 393 g/mol. The zero-order valence-corrected chi connectivity index (χ0v) is 14.4. The summed E-state index contributed by atoms with van der Waals surface area (Å²) in [6, 6.07) is 5.32. The minimum absolute atomic E-state index is 0.0905. The summed E-state index contributed by atoms with van der Waals surface area (Å²) in [6.45, 7) is 0.737. The molecule has 0 radical (unpaired) electrons. The van der Waals surface area contributed by atoms with Crippen molar-refractivity contribution in [2.75, 3.05) is 6.54 Å². The van der Waals surface area contributed by atoms with Crippen molar-refractivity contribution in [3.63, 3.8) is 0 Å². The van der Waals surface area contributed by atoms with Gasteiger partial charge < -0.3 is 5.32 Å². The normalized spacial score (nSPS) is 23.1. The number of nitrogens with one attached hydrogen (secondary N) is 1. The van der Waals surface area contributed by atoms with E-state index >= 15 is 0 Å². The van der Waals surface area contributed by atoms with Crippen LogP contribution in [0.4, 0.5) is 0 Å². The molecule has 2 nitrogen and oxygen atoms in total. The predicted molar refractivity (Wildman–Crippen MR) is 86.2 cm³/mol. The zero-order chi connectivity index (χ0) is 13.8. The average molecular weight is 410 g/mol. The Morgan fingerprint density at radius 1 is 1.32 bits per heavy atom. The summed E-state index contributed by atoms with van der Waals surface area (Å²) in [4.78, 5) is 12.8. The second kappa shape index (κ2) is 7.09. The van der Waals surface area contributed by atoms with Crippen LogP contribution in [-0.2, 0) is 0 Å². The molecule has 19 heavy (non-hydrogen) atoms. The number of hydrogen-bond donors (Lipinski definition) is 1. The molecule has 1 aliphatic rings. The van der Waals surface area contributed by atoms with Gasteiger partial charge in [-0.25, -0.2) is 0 Å². The van der Waals surface area contributed by atoms with Gasteiger partial charge in [-0.3, -0.25) is 4.79 Å². The van der Waals surface area contributed by atoms with Crippen molar-refractivity contribution in [3.05, 3.63) is 33.3 Å². The van der Waals surface area contributed by atoms with E-state index in [0.29, 0.717) is 21.3 Å². The van der Waals surface area contributed by atoms with Crippen LogP contribution < -0.4 is 5.32 Å². The van der Waals surface area contributed by atoms with Crippen molar-refractivity contribution < 1.29 is 4.79 Å². The van der Waals surface area contributed by atoms with Gasteiger partial charge in [-0.2, -0.15) is 0 Å². The first kappa shape index (κ1) is 15.3. The first-order chi connectivity index (χ1) is 9.06. The number of halogens is 3. The van der Waals surface area contributed by atoms with Crippen molar-refractivity contribution in [3.8, 4) is 0 Å². The standard InChI is InChI=1S/C14H16Br2ClNO/c15-10-3-1-9(2-4-10)8-18-14(19)12-7-11(16)5-6-13(12)17/h5-7,9-10H,1-4,8H2,(H,18,19). The van der Waals surface area contributed by atoms with Gasteiger partial charge in [0.25, 0.3) is 5.91 Å². The van der Waals surface area contributed by atoms with Crippen LogP contribution in [0.5, 0.6) is 0 Å². The molecule has 0 heterocycles. The lowest BCUT2D eigenvalue weighted by Gasteiger charge is -2.25. The fourth-order valence-electron chi connectivity index (χ4n) is 2.33. The van der Waals surface area contributed by atoms with Gasteiger partial charge in [0.05, 0.1) is 10.6 Å². The molecule has 1 aliphatic carbocycles. The van der Waals surface area contributed by atoms with Gasteiger partial charge in [0, 0.05) is 15.8 Å². The Morgan fingerprint density at radius 3 is 2.68 bits per heavy atom. The van der Waals surface area contributed by atoms with Crippen LogP contribution in [-0.4, -0.2) is 17.3 Å². The lowest BCUT2D eigenvalue weighted by atomic mass is 9.89. The van der Waals surface area contributed by atoms with Gasteiger partial charge in [0.2, 0.25) is 0 Å². The van der Waals surface area contributed by atoms with Crippen LogP contribution in [0.3, 0.4) is 0 Å². The number of carbonyl (C=O) groups is 1. The third kappa shape index (κ3) is 4.47. The van der Waals surface area contributed by atoms with E-state index in [1.54, 1.807) is 12.1 Å².